The van der Waals surface area contributed by atoms with E-state index >= 15 is 0 Å². The molecule has 0 aromatic rings. The number of Topliss-reactive ketones (excluding diaryl/α,β-unsaturated/α-hetero) is 1. The van der Waals surface area contributed by atoms with Crippen molar-refractivity contribution >= 4 is 17.6 Å². The fourth-order valence-electron chi connectivity index (χ4n) is 2.44. The average Bonchev–Trinajstić information content (AvgIpc) is 2.82. The monoisotopic (exact) mass is 269 g/mol. The van der Waals surface area contributed by atoms with Crippen LogP contribution in [0, 0.1) is 5.92 Å². The molecular weight excluding hydrogens is 246 g/mol. The summed E-state index contributed by atoms with van der Waals surface area (Å²) in [7, 11) is 0. The Morgan fingerprint density at radius 1 is 1.37 bits per heavy atom. The van der Waals surface area contributed by atoms with Gasteiger partial charge in [-0.3, -0.25) is 14.4 Å². The van der Waals surface area contributed by atoms with Gasteiger partial charge in [0, 0.05) is 6.54 Å². The predicted octanol–water partition coefficient (Wildman–Crippen LogP) is -0.334. The number of likely N-dealkylation sites (tertiary alicyclic amines) is 1. The molecule has 1 aliphatic rings. The summed E-state index contributed by atoms with van der Waals surface area (Å²) in [5, 5.41) is 2.74. The Bertz CT molecular complexity index is 368. The van der Waals surface area contributed by atoms with Gasteiger partial charge in [0.2, 0.25) is 11.8 Å². The maximum Gasteiger partial charge on any atom is 0.243 e. The topological polar surface area (TPSA) is 92.5 Å². The number of hydrogen-bond donors (Lipinski definition) is 2. The van der Waals surface area contributed by atoms with Crippen molar-refractivity contribution in [1.29, 1.82) is 0 Å². The van der Waals surface area contributed by atoms with Crippen molar-refractivity contribution in [1.82, 2.24) is 10.2 Å². The minimum atomic E-state index is -0.497. The first-order valence-corrected chi connectivity index (χ1v) is 6.68. The maximum atomic E-state index is 12.2. The minimum Gasteiger partial charge on any atom is -0.344 e. The van der Waals surface area contributed by atoms with Crippen molar-refractivity contribution in [3.05, 3.63) is 0 Å². The van der Waals surface area contributed by atoms with E-state index in [4.69, 9.17) is 5.73 Å². The molecule has 2 unspecified atom stereocenters. The number of nitrogens with two attached hydrogens (primary N) is 1. The van der Waals surface area contributed by atoms with E-state index in [1.54, 1.807) is 0 Å². The number of amides is 2. The lowest BCUT2D eigenvalue weighted by atomic mass is 10.00. The van der Waals surface area contributed by atoms with Crippen LogP contribution in [0.2, 0.25) is 0 Å². The van der Waals surface area contributed by atoms with Crippen LogP contribution in [0.25, 0.3) is 0 Å². The van der Waals surface area contributed by atoms with Crippen molar-refractivity contribution in [2.75, 3.05) is 13.1 Å². The maximum absolute atomic E-state index is 12.2. The summed E-state index contributed by atoms with van der Waals surface area (Å²) in [4.78, 5) is 36.8. The molecule has 1 heterocycles. The van der Waals surface area contributed by atoms with Crippen LogP contribution in [0.15, 0.2) is 0 Å². The van der Waals surface area contributed by atoms with Crippen molar-refractivity contribution in [2.24, 2.45) is 11.7 Å². The first-order chi connectivity index (χ1) is 8.88. The molecule has 6 heteroatoms. The van der Waals surface area contributed by atoms with Gasteiger partial charge in [0.1, 0.15) is 6.04 Å². The molecule has 2 amide bonds. The number of nitrogens with one attached hydrogen (secondary N) is 1. The van der Waals surface area contributed by atoms with Crippen LogP contribution in [0.3, 0.4) is 0 Å². The Morgan fingerprint density at radius 3 is 2.47 bits per heavy atom. The van der Waals surface area contributed by atoms with Crippen molar-refractivity contribution < 1.29 is 14.4 Å². The first kappa shape index (κ1) is 15.6. The van der Waals surface area contributed by atoms with Crippen molar-refractivity contribution in [3.8, 4) is 0 Å². The fourth-order valence-corrected chi connectivity index (χ4v) is 2.44. The third-order valence-corrected chi connectivity index (χ3v) is 3.45. The molecule has 0 spiro atoms. The molecule has 0 saturated carbocycles. The predicted molar refractivity (Wildman–Crippen MR) is 71.2 cm³/mol. The molecule has 1 fully saturated rings. The van der Waals surface area contributed by atoms with Crippen LogP contribution in [0.5, 0.6) is 0 Å². The third kappa shape index (κ3) is 3.76. The molecule has 0 aliphatic carbocycles. The highest BCUT2D eigenvalue weighted by Crippen LogP contribution is 2.18. The summed E-state index contributed by atoms with van der Waals surface area (Å²) in [6.07, 6.45) is 1.41. The van der Waals surface area contributed by atoms with Crippen molar-refractivity contribution in [2.45, 2.75) is 45.7 Å². The van der Waals surface area contributed by atoms with Crippen LogP contribution >= 0.6 is 0 Å². The largest absolute Gasteiger partial charge is 0.344 e. The van der Waals surface area contributed by atoms with E-state index in [2.05, 4.69) is 5.32 Å². The first-order valence-electron chi connectivity index (χ1n) is 6.68. The lowest BCUT2D eigenvalue weighted by Gasteiger charge is -2.26. The normalized spacial score (nSPS) is 20.5. The third-order valence-electron chi connectivity index (χ3n) is 3.45. The molecule has 0 bridgehead atoms. The number of rotatable bonds is 5. The van der Waals surface area contributed by atoms with Gasteiger partial charge in [-0.2, -0.15) is 0 Å². The minimum absolute atomic E-state index is 0.0292. The van der Waals surface area contributed by atoms with E-state index in [0.29, 0.717) is 13.0 Å². The molecule has 6 nitrogen and oxygen atoms in total. The van der Waals surface area contributed by atoms with E-state index in [0.717, 1.165) is 6.42 Å². The quantitative estimate of drug-likeness (QED) is 0.714. The Labute approximate surface area is 113 Å². The van der Waals surface area contributed by atoms with E-state index in [1.165, 1.54) is 11.8 Å². The van der Waals surface area contributed by atoms with Crippen LogP contribution in [0.1, 0.15) is 33.6 Å². The molecule has 2 atom stereocenters. The van der Waals surface area contributed by atoms with E-state index in [9.17, 15) is 14.4 Å². The van der Waals surface area contributed by atoms with Crippen LogP contribution in [-0.4, -0.2) is 47.7 Å². The molecule has 19 heavy (non-hydrogen) atoms. The van der Waals surface area contributed by atoms with Gasteiger partial charge in [0.15, 0.2) is 5.78 Å². The van der Waals surface area contributed by atoms with Gasteiger partial charge < -0.3 is 16.0 Å². The molecule has 3 N–H and O–H groups in total. The van der Waals surface area contributed by atoms with E-state index in [1.807, 2.05) is 13.8 Å². The highest BCUT2D eigenvalue weighted by molar-refractivity contribution is 5.92. The van der Waals surface area contributed by atoms with Gasteiger partial charge in [-0.05, 0) is 25.7 Å². The van der Waals surface area contributed by atoms with Gasteiger partial charge in [-0.15, -0.1) is 0 Å². The molecule has 1 rings (SSSR count). The van der Waals surface area contributed by atoms with Gasteiger partial charge in [0.25, 0.3) is 0 Å². The second-order valence-corrected chi connectivity index (χ2v) is 5.29. The summed E-state index contributed by atoms with van der Waals surface area (Å²) in [5.41, 5.74) is 5.33. The molecule has 1 saturated heterocycles. The average molecular weight is 269 g/mol. The van der Waals surface area contributed by atoms with Gasteiger partial charge >= 0.3 is 0 Å². The molecule has 0 radical (unpaired) electrons. The lowest BCUT2D eigenvalue weighted by molar-refractivity contribution is -0.138. The second-order valence-electron chi connectivity index (χ2n) is 5.29. The SMILES string of the molecule is CC(=O)C(NC(=O)C1CCCN1C(=O)CN)C(C)C. The van der Waals surface area contributed by atoms with E-state index < -0.39 is 12.1 Å². The molecular formula is C13H23N3O3. The Balaban J connectivity index is 2.71. The zero-order valence-electron chi connectivity index (χ0n) is 11.8. The summed E-state index contributed by atoms with van der Waals surface area (Å²) in [5.74, 6) is -0.519. The summed E-state index contributed by atoms with van der Waals surface area (Å²) in [6.45, 7) is 5.68. The van der Waals surface area contributed by atoms with Crippen LogP contribution in [-0.2, 0) is 14.4 Å². The highest BCUT2D eigenvalue weighted by Gasteiger charge is 2.35. The smallest absolute Gasteiger partial charge is 0.243 e. The summed E-state index contributed by atoms with van der Waals surface area (Å²) >= 11 is 0. The molecule has 0 aromatic heterocycles. The number of ketones is 1. The van der Waals surface area contributed by atoms with Gasteiger partial charge in [0.05, 0.1) is 12.6 Å². The number of carbonyl (C=O) groups excluding carboxylic acids is 3. The Hall–Kier alpha value is -1.43. The number of hydrogen-bond acceptors (Lipinski definition) is 4. The lowest BCUT2D eigenvalue weighted by Crippen LogP contribution is -2.52. The van der Waals surface area contributed by atoms with Crippen molar-refractivity contribution in [3.63, 3.8) is 0 Å². The Morgan fingerprint density at radius 2 is 2.00 bits per heavy atom. The number of nitrogens with zero attached hydrogens (tertiary/aromatic N) is 1. The number of carbonyl (C=O) groups is 3. The molecule has 108 valence electrons. The molecule has 0 aromatic carbocycles. The zero-order chi connectivity index (χ0) is 14.6. The Kier molecular flexibility index (Phi) is 5.47. The van der Waals surface area contributed by atoms with Crippen LogP contribution in [0.4, 0.5) is 0 Å². The van der Waals surface area contributed by atoms with Gasteiger partial charge in [-0.1, -0.05) is 13.8 Å². The van der Waals surface area contributed by atoms with E-state index in [-0.39, 0.29) is 30.1 Å². The second kappa shape index (κ2) is 6.65. The summed E-state index contributed by atoms with van der Waals surface area (Å²) in [6, 6.07) is -0.987. The summed E-state index contributed by atoms with van der Waals surface area (Å²) < 4.78 is 0. The highest BCUT2D eigenvalue weighted by atomic mass is 16.2. The fraction of sp³-hybridized carbons (Fsp3) is 0.769. The van der Waals surface area contributed by atoms with Gasteiger partial charge in [-0.25, -0.2) is 0 Å². The molecule has 1 aliphatic heterocycles. The van der Waals surface area contributed by atoms with Crippen LogP contribution < -0.4 is 11.1 Å². The standard InChI is InChI=1S/C13H23N3O3/c1-8(2)12(9(3)17)15-13(19)10-5-4-6-16(10)11(18)7-14/h8,10,12H,4-7,14H2,1-3H3,(H,15,19). The zero-order valence-corrected chi connectivity index (χ0v) is 11.8.